The van der Waals surface area contributed by atoms with E-state index in [2.05, 4.69) is 10.9 Å². The van der Waals surface area contributed by atoms with Gasteiger partial charge >= 0.3 is 0 Å². The Bertz CT molecular complexity index is 959. The number of benzene rings is 2. The minimum Gasteiger partial charge on any atom is -0.484 e. The Balaban J connectivity index is 1.25. The number of aryl methyl sites for hydroxylation is 2. The van der Waals surface area contributed by atoms with Crippen molar-refractivity contribution in [3.05, 3.63) is 53.6 Å². The van der Waals surface area contributed by atoms with Gasteiger partial charge in [-0.2, -0.15) is 0 Å². The lowest BCUT2D eigenvalue weighted by atomic mass is 10.1. The number of amides is 3. The van der Waals surface area contributed by atoms with E-state index in [-0.39, 0.29) is 25.7 Å². The van der Waals surface area contributed by atoms with E-state index < -0.39 is 11.8 Å². The van der Waals surface area contributed by atoms with E-state index in [0.29, 0.717) is 17.2 Å². The molecule has 150 valence electrons. The van der Waals surface area contributed by atoms with E-state index in [9.17, 15) is 14.4 Å². The second-order valence-electron chi connectivity index (χ2n) is 6.91. The zero-order chi connectivity index (χ0) is 20.2. The summed E-state index contributed by atoms with van der Waals surface area (Å²) in [5, 5.41) is 0. The van der Waals surface area contributed by atoms with E-state index in [1.54, 1.807) is 24.3 Å². The second-order valence-corrected chi connectivity index (χ2v) is 6.91. The molecule has 2 aliphatic rings. The van der Waals surface area contributed by atoms with Crippen LogP contribution in [0.15, 0.2) is 42.5 Å². The highest BCUT2D eigenvalue weighted by Crippen LogP contribution is 2.31. The van der Waals surface area contributed by atoms with Crippen molar-refractivity contribution in [3.63, 3.8) is 0 Å². The molecule has 1 aliphatic carbocycles. The molecule has 0 radical (unpaired) electrons. The van der Waals surface area contributed by atoms with Gasteiger partial charge < -0.3 is 9.47 Å². The first kappa shape index (κ1) is 18.8. The molecule has 4 rings (SSSR count). The highest BCUT2D eigenvalue weighted by molar-refractivity contribution is 6.02. The fraction of sp³-hybridized carbons (Fsp3) is 0.286. The number of hydrazine groups is 1. The van der Waals surface area contributed by atoms with Gasteiger partial charge in [-0.25, -0.2) is 0 Å². The predicted molar refractivity (Wildman–Crippen MR) is 105 cm³/mol. The van der Waals surface area contributed by atoms with Crippen LogP contribution < -0.4 is 25.2 Å². The summed E-state index contributed by atoms with van der Waals surface area (Å²) in [7, 11) is 0. The Kier molecular flexibility index (Phi) is 5.33. The number of nitrogens with one attached hydrogen (secondary N) is 2. The number of rotatable bonds is 5. The molecule has 2 aromatic carbocycles. The molecule has 1 heterocycles. The first-order chi connectivity index (χ1) is 14.1. The molecule has 8 nitrogen and oxygen atoms in total. The van der Waals surface area contributed by atoms with Crippen molar-refractivity contribution in [2.24, 2.45) is 0 Å². The Labute approximate surface area is 167 Å². The van der Waals surface area contributed by atoms with Crippen molar-refractivity contribution < 1.29 is 23.9 Å². The quantitative estimate of drug-likeness (QED) is 0.740. The lowest BCUT2D eigenvalue weighted by Gasteiger charge is -2.28. The minimum atomic E-state index is -0.527. The maximum absolute atomic E-state index is 12.2. The first-order valence-corrected chi connectivity index (χ1v) is 9.44. The van der Waals surface area contributed by atoms with Crippen molar-refractivity contribution in [2.75, 3.05) is 24.7 Å². The average molecular weight is 395 g/mol. The van der Waals surface area contributed by atoms with Crippen LogP contribution in [0.25, 0.3) is 0 Å². The van der Waals surface area contributed by atoms with Gasteiger partial charge in [0.05, 0.1) is 5.69 Å². The van der Waals surface area contributed by atoms with Gasteiger partial charge in [0.1, 0.15) is 18.0 Å². The molecule has 2 aromatic rings. The van der Waals surface area contributed by atoms with Crippen LogP contribution in [0.5, 0.6) is 11.5 Å². The number of nitrogens with zero attached hydrogens (tertiary/aromatic N) is 1. The molecule has 2 N–H and O–H groups in total. The highest BCUT2D eigenvalue weighted by Gasteiger charge is 2.27. The molecule has 29 heavy (non-hydrogen) atoms. The highest BCUT2D eigenvalue weighted by atomic mass is 16.5. The molecule has 0 spiro atoms. The van der Waals surface area contributed by atoms with Crippen molar-refractivity contribution in [3.8, 4) is 11.5 Å². The molecule has 0 aromatic heterocycles. The van der Waals surface area contributed by atoms with E-state index in [4.69, 9.17) is 9.47 Å². The maximum atomic E-state index is 12.2. The molecule has 0 fully saturated rings. The predicted octanol–water partition coefficient (Wildman–Crippen LogP) is 1.13. The van der Waals surface area contributed by atoms with Crippen LogP contribution in [0.4, 0.5) is 5.69 Å². The summed E-state index contributed by atoms with van der Waals surface area (Å²) in [5.41, 5.74) is 7.71. The fourth-order valence-corrected chi connectivity index (χ4v) is 3.47. The minimum absolute atomic E-state index is 0.134. The van der Waals surface area contributed by atoms with Crippen molar-refractivity contribution in [1.82, 2.24) is 10.9 Å². The van der Waals surface area contributed by atoms with Crippen LogP contribution in [0.3, 0.4) is 0 Å². The Morgan fingerprint density at radius 2 is 1.83 bits per heavy atom. The third-order valence-corrected chi connectivity index (χ3v) is 4.89. The van der Waals surface area contributed by atoms with Gasteiger partial charge in [0.25, 0.3) is 17.7 Å². The van der Waals surface area contributed by atoms with Gasteiger partial charge in [-0.3, -0.25) is 30.1 Å². The van der Waals surface area contributed by atoms with E-state index in [1.165, 1.54) is 16.0 Å². The van der Waals surface area contributed by atoms with E-state index in [1.807, 2.05) is 18.2 Å². The third kappa shape index (κ3) is 4.31. The molecule has 8 heteroatoms. The van der Waals surface area contributed by atoms with Crippen LogP contribution in [-0.2, 0) is 27.2 Å². The van der Waals surface area contributed by atoms with Gasteiger partial charge in [-0.15, -0.1) is 0 Å². The number of carbonyl (C=O) groups excluding carboxylic acids is 3. The first-order valence-electron chi connectivity index (χ1n) is 9.44. The summed E-state index contributed by atoms with van der Waals surface area (Å²) in [6.07, 6.45) is 3.25. The van der Waals surface area contributed by atoms with Gasteiger partial charge in [0, 0.05) is 0 Å². The summed E-state index contributed by atoms with van der Waals surface area (Å²) < 4.78 is 10.8. The van der Waals surface area contributed by atoms with Crippen LogP contribution >= 0.6 is 0 Å². The standard InChI is InChI=1S/C21H21N3O5/c25-19(11-24-17-6-1-2-7-18(17)29-13-21(24)27)22-23-20(26)12-28-16-9-8-14-4-3-5-15(14)10-16/h1-2,6-10H,3-5,11-13H2,(H,22,25)(H,23,26). The number of para-hydroxylation sites is 2. The zero-order valence-corrected chi connectivity index (χ0v) is 15.8. The molecular weight excluding hydrogens is 374 g/mol. The number of ether oxygens (including phenoxy) is 2. The summed E-state index contributed by atoms with van der Waals surface area (Å²) in [5.74, 6) is -0.187. The largest absolute Gasteiger partial charge is 0.484 e. The van der Waals surface area contributed by atoms with Gasteiger partial charge in [-0.05, 0) is 54.7 Å². The summed E-state index contributed by atoms with van der Waals surface area (Å²) in [6, 6.07) is 12.8. The lowest BCUT2D eigenvalue weighted by Crippen LogP contribution is -2.50. The molecular formula is C21H21N3O5. The molecule has 3 amide bonds. The number of anilines is 1. The molecule has 1 aliphatic heterocycles. The smallest absolute Gasteiger partial charge is 0.276 e. The van der Waals surface area contributed by atoms with E-state index in [0.717, 1.165) is 19.3 Å². The van der Waals surface area contributed by atoms with Gasteiger partial charge in [0.2, 0.25) is 0 Å². The Morgan fingerprint density at radius 1 is 1.03 bits per heavy atom. The molecule has 0 unspecified atom stereocenters. The van der Waals surface area contributed by atoms with E-state index >= 15 is 0 Å². The van der Waals surface area contributed by atoms with Crippen LogP contribution in [0, 0.1) is 0 Å². The Hall–Kier alpha value is -3.55. The number of fused-ring (bicyclic) bond motifs is 2. The van der Waals surface area contributed by atoms with Crippen LogP contribution in [0.2, 0.25) is 0 Å². The average Bonchev–Trinajstić information content (AvgIpc) is 3.20. The summed E-state index contributed by atoms with van der Waals surface area (Å²) in [6.45, 7) is -0.588. The topological polar surface area (TPSA) is 97.0 Å². The van der Waals surface area contributed by atoms with Crippen molar-refractivity contribution >= 4 is 23.4 Å². The molecule has 0 saturated carbocycles. The van der Waals surface area contributed by atoms with Crippen molar-refractivity contribution in [1.29, 1.82) is 0 Å². The van der Waals surface area contributed by atoms with Crippen LogP contribution in [-0.4, -0.2) is 37.5 Å². The fourth-order valence-electron chi connectivity index (χ4n) is 3.47. The number of carbonyl (C=O) groups is 3. The van der Waals surface area contributed by atoms with Crippen molar-refractivity contribution in [2.45, 2.75) is 19.3 Å². The van der Waals surface area contributed by atoms with Gasteiger partial charge in [0.15, 0.2) is 13.2 Å². The second kappa shape index (κ2) is 8.22. The van der Waals surface area contributed by atoms with Gasteiger partial charge in [-0.1, -0.05) is 18.2 Å². The molecule has 0 atom stereocenters. The third-order valence-electron chi connectivity index (χ3n) is 4.89. The lowest BCUT2D eigenvalue weighted by molar-refractivity contribution is -0.130. The zero-order valence-electron chi connectivity index (χ0n) is 15.8. The Morgan fingerprint density at radius 3 is 2.72 bits per heavy atom. The number of hydrogen-bond donors (Lipinski definition) is 2. The van der Waals surface area contributed by atoms with Crippen LogP contribution in [0.1, 0.15) is 17.5 Å². The SMILES string of the molecule is O=C(COc1ccc2c(c1)CCC2)NNC(=O)CN1C(=O)COc2ccccc21. The normalized spacial score (nSPS) is 14.5. The maximum Gasteiger partial charge on any atom is 0.276 e. The molecule has 0 saturated heterocycles. The summed E-state index contributed by atoms with van der Waals surface area (Å²) >= 11 is 0. The number of hydrogen-bond acceptors (Lipinski definition) is 5. The molecule has 0 bridgehead atoms. The monoisotopic (exact) mass is 395 g/mol. The summed E-state index contributed by atoms with van der Waals surface area (Å²) in [4.78, 5) is 37.5.